The zero-order valence-corrected chi connectivity index (χ0v) is 28.0. The van der Waals surface area contributed by atoms with Crippen LogP contribution >= 0.6 is 0 Å². The van der Waals surface area contributed by atoms with Crippen LogP contribution < -0.4 is 0 Å². The Morgan fingerprint density at radius 2 is 1.20 bits per heavy atom. The van der Waals surface area contributed by atoms with Gasteiger partial charge < -0.3 is 42.6 Å². The van der Waals surface area contributed by atoms with Gasteiger partial charge in [0.05, 0.1) is 26.4 Å². The summed E-state index contributed by atoms with van der Waals surface area (Å²) in [7, 11) is 1.56. The molecule has 0 spiro atoms. The van der Waals surface area contributed by atoms with Crippen LogP contribution in [-0.4, -0.2) is 81.5 Å². The molecule has 1 fully saturated rings. The third-order valence-electron chi connectivity index (χ3n) is 7.97. The van der Waals surface area contributed by atoms with Crippen LogP contribution in [0.4, 0.5) is 0 Å². The molecule has 262 valence electrons. The van der Waals surface area contributed by atoms with Crippen molar-refractivity contribution in [3.05, 3.63) is 120 Å². The third kappa shape index (κ3) is 11.0. The second kappa shape index (κ2) is 18.7. The van der Waals surface area contributed by atoms with Gasteiger partial charge in [-0.05, 0) is 28.8 Å². The molecule has 0 radical (unpaired) electrons. The summed E-state index contributed by atoms with van der Waals surface area (Å²) in [5.41, 5.74) is 2.93. The van der Waals surface area contributed by atoms with Gasteiger partial charge in [-0.3, -0.25) is 9.59 Å². The molecule has 0 N–H and O–H groups in total. The minimum atomic E-state index is -0.950. The number of methoxy groups -OCH3 is 1. The Morgan fingerprint density at radius 3 is 1.76 bits per heavy atom. The van der Waals surface area contributed by atoms with Gasteiger partial charge in [0.2, 0.25) is 0 Å². The van der Waals surface area contributed by atoms with Crippen LogP contribution in [0, 0.1) is 0 Å². The van der Waals surface area contributed by atoms with Gasteiger partial charge in [-0.2, -0.15) is 0 Å². The predicted molar refractivity (Wildman–Crippen MR) is 177 cm³/mol. The van der Waals surface area contributed by atoms with Crippen molar-refractivity contribution in [1.29, 1.82) is 0 Å². The average Bonchev–Trinajstić information content (AvgIpc) is 3.11. The third-order valence-corrected chi connectivity index (χ3v) is 7.97. The fraction of sp³-hybridized carbons (Fsp3) is 0.421. The summed E-state index contributed by atoms with van der Waals surface area (Å²) in [4.78, 5) is 23.5. The first-order valence-corrected chi connectivity index (χ1v) is 16.3. The van der Waals surface area contributed by atoms with Gasteiger partial charge in [0.25, 0.3) is 0 Å². The van der Waals surface area contributed by atoms with Crippen molar-refractivity contribution in [3.8, 4) is 0 Å². The van der Waals surface area contributed by atoms with Crippen molar-refractivity contribution in [2.24, 2.45) is 0 Å². The lowest BCUT2D eigenvalue weighted by Crippen LogP contribution is -2.62. The maximum absolute atomic E-state index is 11.8. The van der Waals surface area contributed by atoms with Crippen LogP contribution in [0.15, 0.2) is 103 Å². The molecule has 11 nitrogen and oxygen atoms in total. The average molecular weight is 677 g/mol. The van der Waals surface area contributed by atoms with Gasteiger partial charge in [0.1, 0.15) is 43.2 Å². The molecular formula is C38H44O11. The molecule has 3 aromatic rings. The summed E-state index contributed by atoms with van der Waals surface area (Å²) >= 11 is 0. The highest BCUT2D eigenvalue weighted by Gasteiger charge is 2.50. The Labute approximate surface area is 286 Å². The Kier molecular flexibility index (Phi) is 13.9. The molecular weight excluding hydrogens is 632 g/mol. The molecule has 2 aliphatic rings. The summed E-state index contributed by atoms with van der Waals surface area (Å²) in [6.45, 7) is 3.47. The second-order valence-electron chi connectivity index (χ2n) is 11.7. The smallest absolute Gasteiger partial charge is 0.303 e. The van der Waals surface area contributed by atoms with Gasteiger partial charge in [0, 0.05) is 21.0 Å². The van der Waals surface area contributed by atoms with E-state index in [1.54, 1.807) is 19.3 Å². The fourth-order valence-corrected chi connectivity index (χ4v) is 5.62. The predicted octanol–water partition coefficient (Wildman–Crippen LogP) is 4.91. The molecule has 49 heavy (non-hydrogen) atoms. The second-order valence-corrected chi connectivity index (χ2v) is 11.7. The quantitative estimate of drug-likeness (QED) is 0.152. The number of hydrogen-bond donors (Lipinski definition) is 0. The van der Waals surface area contributed by atoms with Crippen LogP contribution in [0.1, 0.15) is 30.5 Å². The first-order chi connectivity index (χ1) is 23.9. The van der Waals surface area contributed by atoms with E-state index in [1.165, 1.54) is 13.8 Å². The van der Waals surface area contributed by atoms with Crippen molar-refractivity contribution >= 4 is 11.9 Å². The van der Waals surface area contributed by atoms with E-state index < -0.39 is 61.1 Å². The van der Waals surface area contributed by atoms with Gasteiger partial charge in [0.15, 0.2) is 12.6 Å². The normalized spacial score (nSPS) is 26.6. The van der Waals surface area contributed by atoms with E-state index in [2.05, 4.69) is 0 Å². The van der Waals surface area contributed by atoms with Gasteiger partial charge in [-0.1, -0.05) is 91.0 Å². The summed E-state index contributed by atoms with van der Waals surface area (Å²) < 4.78 is 55.2. The summed E-state index contributed by atoms with van der Waals surface area (Å²) in [6, 6.07) is 29.4. The van der Waals surface area contributed by atoms with Crippen LogP contribution in [0.5, 0.6) is 0 Å². The number of benzene rings is 3. The molecule has 5 rings (SSSR count). The van der Waals surface area contributed by atoms with E-state index in [9.17, 15) is 9.59 Å². The highest BCUT2D eigenvalue weighted by atomic mass is 16.7. The van der Waals surface area contributed by atoms with E-state index >= 15 is 0 Å². The fourth-order valence-electron chi connectivity index (χ4n) is 5.62. The van der Waals surface area contributed by atoms with Crippen molar-refractivity contribution < 1.29 is 52.2 Å². The molecule has 8 atom stereocenters. The summed E-state index contributed by atoms with van der Waals surface area (Å²) in [6.07, 6.45) is -2.97. The number of ether oxygens (including phenoxy) is 9. The number of carbonyl (C=O) groups excluding carboxylic acids is 2. The maximum Gasteiger partial charge on any atom is 0.303 e. The minimum Gasteiger partial charge on any atom is -0.463 e. The Balaban J connectivity index is 1.43. The van der Waals surface area contributed by atoms with Crippen molar-refractivity contribution in [2.45, 2.75) is 82.9 Å². The SMILES string of the molecule is CO[C@H]1O[C@H](COCc2ccccc2)[C@@H](O[C@@H]2C=C[C@H](OC(C)=O)[C@@H](COC(C)=O)O2)[C@H](OCc2ccccc2)[C@H]1OCc1ccccc1. The van der Waals surface area contributed by atoms with Crippen molar-refractivity contribution in [3.63, 3.8) is 0 Å². The lowest BCUT2D eigenvalue weighted by Gasteiger charge is -2.46. The molecule has 0 aliphatic carbocycles. The van der Waals surface area contributed by atoms with Crippen molar-refractivity contribution in [2.75, 3.05) is 20.3 Å². The molecule has 0 bridgehead atoms. The molecule has 1 saturated heterocycles. The first-order valence-electron chi connectivity index (χ1n) is 16.3. The standard InChI is InChI=1S/C38H44O11/c1-26(39)43-25-32-31(46-27(2)40)19-20-34(47-32)49-35-33(24-42-21-28-13-7-4-8-14-28)48-38(41-3)37(45-23-30-17-11-6-12-18-30)36(35)44-22-29-15-9-5-10-16-29/h4-20,31-38H,21-25H2,1-3H3/t31-,32+,33+,34+,35+,36-,37+,38-/m0/s1. The Hall–Kier alpha value is -3.94. The number of hydrogen-bond acceptors (Lipinski definition) is 11. The lowest BCUT2D eigenvalue weighted by molar-refractivity contribution is -0.339. The highest BCUT2D eigenvalue weighted by molar-refractivity contribution is 5.66. The van der Waals surface area contributed by atoms with E-state index in [0.717, 1.165) is 16.7 Å². The highest BCUT2D eigenvalue weighted by Crippen LogP contribution is 2.32. The first kappa shape index (κ1) is 36.3. The monoisotopic (exact) mass is 676 g/mol. The lowest BCUT2D eigenvalue weighted by atomic mass is 9.97. The van der Waals surface area contributed by atoms with E-state index in [0.29, 0.717) is 6.61 Å². The van der Waals surface area contributed by atoms with Crippen molar-refractivity contribution in [1.82, 2.24) is 0 Å². The molecule has 2 heterocycles. The van der Waals surface area contributed by atoms with Crippen LogP contribution in [0.25, 0.3) is 0 Å². The molecule has 0 amide bonds. The molecule has 11 heteroatoms. The number of rotatable bonds is 16. The topological polar surface area (TPSA) is 117 Å². The number of carbonyl (C=O) groups is 2. The van der Waals surface area contributed by atoms with E-state index in [-0.39, 0.29) is 26.4 Å². The molecule has 0 aromatic heterocycles. The zero-order valence-electron chi connectivity index (χ0n) is 28.0. The molecule has 2 aliphatic heterocycles. The molecule has 0 unspecified atom stereocenters. The number of esters is 2. The largest absolute Gasteiger partial charge is 0.463 e. The molecule has 3 aromatic carbocycles. The van der Waals surface area contributed by atoms with Gasteiger partial charge in [-0.25, -0.2) is 0 Å². The zero-order chi connectivity index (χ0) is 34.4. The summed E-state index contributed by atoms with van der Waals surface area (Å²) in [5.74, 6) is -0.993. The van der Waals surface area contributed by atoms with Crippen LogP contribution in [0.2, 0.25) is 0 Å². The maximum atomic E-state index is 11.8. The van der Waals surface area contributed by atoms with E-state index in [1.807, 2.05) is 91.0 Å². The van der Waals surface area contributed by atoms with E-state index in [4.69, 9.17) is 42.6 Å². The van der Waals surface area contributed by atoms with Gasteiger partial charge >= 0.3 is 11.9 Å². The van der Waals surface area contributed by atoms with Crippen LogP contribution in [0.3, 0.4) is 0 Å². The summed E-state index contributed by atoms with van der Waals surface area (Å²) in [5, 5.41) is 0. The minimum absolute atomic E-state index is 0.138. The van der Waals surface area contributed by atoms with Gasteiger partial charge in [-0.15, -0.1) is 0 Å². The van der Waals surface area contributed by atoms with Crippen LogP contribution in [-0.2, 0) is 72.0 Å². The Bertz CT molecular complexity index is 1450. The Morgan fingerprint density at radius 1 is 0.633 bits per heavy atom. The molecule has 0 saturated carbocycles.